The van der Waals surface area contributed by atoms with Gasteiger partial charge in [-0.3, -0.25) is 18.6 Å². The molecule has 0 aliphatic rings. The summed E-state index contributed by atoms with van der Waals surface area (Å²) in [6, 6.07) is -0.861. The second-order valence-electron chi connectivity index (χ2n) is 23.7. The van der Waals surface area contributed by atoms with E-state index in [-0.39, 0.29) is 31.5 Å². The van der Waals surface area contributed by atoms with Crippen LogP contribution >= 0.6 is 7.82 Å². The van der Waals surface area contributed by atoms with Gasteiger partial charge in [-0.2, -0.15) is 0 Å². The van der Waals surface area contributed by atoms with E-state index in [4.69, 9.17) is 13.8 Å². The Morgan fingerprint density at radius 2 is 0.840 bits per heavy atom. The number of carbonyl (C=O) groups is 2. The quantitative estimate of drug-likeness (QED) is 0.0156. The van der Waals surface area contributed by atoms with Crippen LogP contribution in [-0.2, 0) is 27.9 Å². The Morgan fingerprint density at radius 3 is 1.31 bits per heavy atom. The van der Waals surface area contributed by atoms with Crippen molar-refractivity contribution in [3.63, 3.8) is 0 Å². The maximum Gasteiger partial charge on any atom is 0.472 e. The monoisotopic (exact) mass is 1150 g/mol. The summed E-state index contributed by atoms with van der Waals surface area (Å²) in [5.41, 5.74) is 0. The number of quaternary nitrogens is 1. The summed E-state index contributed by atoms with van der Waals surface area (Å²) in [5, 5.41) is 3.06. The Kier molecular flexibility index (Phi) is 57.8. The number of nitrogens with zero attached hydrogens (tertiary/aromatic N) is 1. The van der Waals surface area contributed by atoms with Crippen molar-refractivity contribution >= 4 is 19.7 Å². The average molecular weight is 1150 g/mol. The highest BCUT2D eigenvalue weighted by Gasteiger charge is 2.30. The standard InChI is InChI=1S/C71H127N2O7P/c1-7-10-13-16-19-22-25-28-30-31-32-33-34-35-36-37-38-39-40-41-43-45-48-51-54-57-60-63-70(74)72-68(67-79-81(76,77)78-66-65-73(4,5)6)69(62-59-56-53-50-47-44-27-24-21-18-15-12-9-3)80-71(75)64-61-58-55-52-49-46-42-29-26-23-20-17-14-11-8-2/h11,14,17,19-20,22-23,26,28,30,32-33,35-36,59,62,68-69H,7-10,12-13,15-16,18,21,24-25,27,29,31,34,37-58,60-61,63-67H2,1-6H3,(H-,72,74,76,77)/p+1/b14-11+,20-17+,22-19-,26-23+,30-28-,33-32-,36-35-,62-59-. The number of ether oxygens (including phenoxy) is 1. The van der Waals surface area contributed by atoms with Crippen molar-refractivity contribution < 1.29 is 37.3 Å². The SMILES string of the molecule is CC/C=C/C=C/C=C/CCCCCCCCCC(=O)OC(/C=C\CCCCCCCCCCCCC)C(COP(=O)(O)OCC[N+](C)(C)C)NC(=O)CCCCCCCCCCCCC/C=C\C/C=C\C/C=C\C/C=C\CCCCC. The molecule has 0 fully saturated rings. The van der Waals surface area contributed by atoms with Crippen LogP contribution in [0.3, 0.4) is 0 Å². The molecule has 1 amide bonds. The molecule has 0 aliphatic carbocycles. The fourth-order valence-corrected chi connectivity index (χ4v) is 10.1. The molecule has 0 bridgehead atoms. The number of esters is 1. The van der Waals surface area contributed by atoms with Gasteiger partial charge in [0.05, 0.1) is 33.8 Å². The van der Waals surface area contributed by atoms with Gasteiger partial charge in [-0.1, -0.05) is 279 Å². The van der Waals surface area contributed by atoms with Crippen LogP contribution in [0.4, 0.5) is 0 Å². The van der Waals surface area contributed by atoms with Crippen molar-refractivity contribution in [3.05, 3.63) is 97.2 Å². The molecule has 9 nitrogen and oxygen atoms in total. The average Bonchev–Trinajstić information content (AvgIpc) is 3.44. The molecule has 0 aromatic heterocycles. The molecule has 3 atom stereocenters. The zero-order valence-corrected chi connectivity index (χ0v) is 54.4. The molecule has 2 N–H and O–H groups in total. The summed E-state index contributed by atoms with van der Waals surface area (Å²) in [6.07, 6.45) is 81.2. The second kappa shape index (κ2) is 60.1. The number of phosphoric ester groups is 1. The van der Waals surface area contributed by atoms with Crippen LogP contribution < -0.4 is 5.32 Å². The van der Waals surface area contributed by atoms with Crippen LogP contribution in [-0.4, -0.2) is 74.3 Å². The summed E-state index contributed by atoms with van der Waals surface area (Å²) < 4.78 is 30.8. The molecular weight excluding hydrogens is 1020 g/mol. The number of hydrogen-bond acceptors (Lipinski definition) is 6. The lowest BCUT2D eigenvalue weighted by molar-refractivity contribution is -0.870. The highest BCUT2D eigenvalue weighted by atomic mass is 31.2. The second-order valence-corrected chi connectivity index (χ2v) is 25.1. The molecule has 0 aliphatic heterocycles. The largest absolute Gasteiger partial charge is 0.472 e. The van der Waals surface area contributed by atoms with Gasteiger partial charge in [-0.15, -0.1) is 0 Å². The lowest BCUT2D eigenvalue weighted by atomic mass is 10.0. The van der Waals surface area contributed by atoms with Crippen molar-refractivity contribution in [2.45, 2.75) is 303 Å². The summed E-state index contributed by atoms with van der Waals surface area (Å²) in [7, 11) is 1.48. The highest BCUT2D eigenvalue weighted by molar-refractivity contribution is 7.47. The van der Waals surface area contributed by atoms with Gasteiger partial charge in [0.15, 0.2) is 0 Å². The molecule has 0 aromatic rings. The molecule has 3 unspecified atom stereocenters. The highest BCUT2D eigenvalue weighted by Crippen LogP contribution is 2.43. The van der Waals surface area contributed by atoms with Crippen molar-refractivity contribution in [1.29, 1.82) is 0 Å². The van der Waals surface area contributed by atoms with Crippen LogP contribution in [0.25, 0.3) is 0 Å². The molecular formula is C71H128N2O7P+. The summed E-state index contributed by atoms with van der Waals surface area (Å²) in [6.45, 7) is 6.86. The van der Waals surface area contributed by atoms with Crippen molar-refractivity contribution in [3.8, 4) is 0 Å². The zero-order chi connectivity index (χ0) is 59.3. The summed E-state index contributed by atoms with van der Waals surface area (Å²) in [4.78, 5) is 37.8. The number of allylic oxidation sites excluding steroid dienone is 15. The van der Waals surface area contributed by atoms with E-state index in [1.807, 2.05) is 33.3 Å². The molecule has 0 aromatic carbocycles. The molecule has 81 heavy (non-hydrogen) atoms. The molecule has 0 rings (SSSR count). The smallest absolute Gasteiger partial charge is 0.456 e. The number of nitrogens with one attached hydrogen (secondary N) is 1. The van der Waals surface area contributed by atoms with Crippen LogP contribution in [0.5, 0.6) is 0 Å². The van der Waals surface area contributed by atoms with Gasteiger partial charge in [0.1, 0.15) is 19.3 Å². The molecule has 10 heteroatoms. The van der Waals surface area contributed by atoms with Crippen molar-refractivity contribution in [1.82, 2.24) is 5.32 Å². The fraction of sp³-hybridized carbons (Fsp3) is 0.746. The van der Waals surface area contributed by atoms with Crippen LogP contribution in [0.15, 0.2) is 97.2 Å². The van der Waals surface area contributed by atoms with Gasteiger partial charge in [-0.05, 0) is 96.0 Å². The summed E-state index contributed by atoms with van der Waals surface area (Å²) in [5.74, 6) is -0.521. The third-order valence-corrected chi connectivity index (χ3v) is 15.6. The first-order valence-electron chi connectivity index (χ1n) is 33.6. The minimum absolute atomic E-state index is 0.0337. The Labute approximate surface area is 500 Å². The molecule has 0 spiro atoms. The Morgan fingerprint density at radius 1 is 0.457 bits per heavy atom. The van der Waals surface area contributed by atoms with Gasteiger partial charge < -0.3 is 19.4 Å². The topological polar surface area (TPSA) is 111 Å². The first kappa shape index (κ1) is 77.9. The van der Waals surface area contributed by atoms with Gasteiger partial charge in [-0.25, -0.2) is 4.57 Å². The lowest BCUT2D eigenvalue weighted by Gasteiger charge is -2.27. The maximum absolute atomic E-state index is 13.6. The fourth-order valence-electron chi connectivity index (χ4n) is 9.40. The number of carbonyl (C=O) groups excluding carboxylic acids is 2. The van der Waals surface area contributed by atoms with E-state index in [9.17, 15) is 19.0 Å². The van der Waals surface area contributed by atoms with E-state index in [0.29, 0.717) is 17.4 Å². The normalized spacial score (nSPS) is 14.2. The number of unbranched alkanes of at least 4 members (excludes halogenated alkanes) is 32. The minimum atomic E-state index is -4.46. The van der Waals surface area contributed by atoms with Gasteiger partial charge >= 0.3 is 13.8 Å². The van der Waals surface area contributed by atoms with E-state index in [0.717, 1.165) is 96.3 Å². The molecule has 0 saturated carbocycles. The summed E-state index contributed by atoms with van der Waals surface area (Å²) >= 11 is 0. The van der Waals surface area contributed by atoms with Gasteiger partial charge in [0.2, 0.25) is 5.91 Å². The van der Waals surface area contributed by atoms with Crippen LogP contribution in [0.1, 0.15) is 290 Å². The van der Waals surface area contributed by atoms with Crippen molar-refractivity contribution in [2.24, 2.45) is 0 Å². The lowest BCUT2D eigenvalue weighted by Crippen LogP contribution is -2.47. The molecule has 0 saturated heterocycles. The number of likely N-dealkylation sites (N-methyl/N-ethyl adjacent to an activating group) is 1. The number of amides is 1. The first-order chi connectivity index (χ1) is 39.4. The van der Waals surface area contributed by atoms with E-state index in [2.05, 4.69) is 111 Å². The third kappa shape index (κ3) is 61.3. The first-order valence-corrected chi connectivity index (χ1v) is 35.1. The Bertz CT molecular complexity index is 1710. The third-order valence-electron chi connectivity index (χ3n) is 14.6. The number of phosphoric acid groups is 1. The molecule has 0 radical (unpaired) electrons. The Balaban J connectivity index is 5.11. The van der Waals surface area contributed by atoms with E-state index < -0.39 is 20.0 Å². The number of hydrogen-bond donors (Lipinski definition) is 2. The van der Waals surface area contributed by atoms with Crippen molar-refractivity contribution in [2.75, 3.05) is 40.9 Å². The predicted octanol–water partition coefficient (Wildman–Crippen LogP) is 21.1. The van der Waals surface area contributed by atoms with Gasteiger partial charge in [0.25, 0.3) is 0 Å². The molecule has 468 valence electrons. The molecule has 0 heterocycles. The van der Waals surface area contributed by atoms with E-state index in [1.165, 1.54) is 161 Å². The maximum atomic E-state index is 13.6. The Hall–Kier alpha value is -3.07. The van der Waals surface area contributed by atoms with E-state index >= 15 is 0 Å². The predicted molar refractivity (Wildman–Crippen MR) is 350 cm³/mol. The number of rotatable bonds is 60. The van der Waals surface area contributed by atoms with Crippen LogP contribution in [0, 0.1) is 0 Å². The van der Waals surface area contributed by atoms with Gasteiger partial charge in [0, 0.05) is 12.8 Å². The minimum Gasteiger partial charge on any atom is -0.456 e. The van der Waals surface area contributed by atoms with E-state index in [1.54, 1.807) is 0 Å². The zero-order valence-electron chi connectivity index (χ0n) is 53.5. The van der Waals surface area contributed by atoms with Crippen LogP contribution in [0.2, 0.25) is 0 Å².